The van der Waals surface area contributed by atoms with E-state index in [1.54, 1.807) is 30.3 Å². The maximum Gasteiger partial charge on any atom is 0.337 e. The third kappa shape index (κ3) is 4.77. The zero-order valence-electron chi connectivity index (χ0n) is 14.9. The smallest absolute Gasteiger partial charge is 0.337 e. The Morgan fingerprint density at radius 2 is 2.07 bits per heavy atom. The molecular weight excluding hydrogens is 350 g/mol. The summed E-state index contributed by atoms with van der Waals surface area (Å²) in [6, 6.07) is 11.2. The second-order valence-corrected chi connectivity index (χ2v) is 6.14. The first kappa shape index (κ1) is 18.7. The largest absolute Gasteiger partial charge is 0.497 e. The molecule has 1 aliphatic heterocycles. The first-order valence-electron chi connectivity index (χ1n) is 8.64. The number of methoxy groups -OCH3 is 1. The number of amides is 1. The number of anilines is 1. The first-order valence-corrected chi connectivity index (χ1v) is 8.64. The second-order valence-electron chi connectivity index (χ2n) is 6.14. The highest BCUT2D eigenvalue weighted by Crippen LogP contribution is 2.23. The van der Waals surface area contributed by atoms with Crippen molar-refractivity contribution in [2.75, 3.05) is 25.6 Å². The topological polar surface area (TPSA) is 94.1 Å². The second kappa shape index (κ2) is 8.55. The summed E-state index contributed by atoms with van der Waals surface area (Å²) in [6.45, 7) is 1.19. The number of hydrogen-bond donors (Lipinski definition) is 2. The van der Waals surface area contributed by atoms with Crippen LogP contribution in [-0.4, -0.2) is 43.4 Å². The molecule has 1 amide bonds. The van der Waals surface area contributed by atoms with Crippen LogP contribution in [0.15, 0.2) is 42.5 Å². The Bertz CT molecular complexity index is 829. The molecule has 1 atom stereocenters. The molecular formula is C20H21NO6. The molecule has 1 heterocycles. The molecule has 2 aromatic carbocycles. The van der Waals surface area contributed by atoms with Crippen molar-refractivity contribution in [1.29, 1.82) is 0 Å². The van der Waals surface area contributed by atoms with Gasteiger partial charge in [-0.1, -0.05) is 6.07 Å². The fraction of sp³-hybridized carbons (Fsp3) is 0.300. The summed E-state index contributed by atoms with van der Waals surface area (Å²) in [7, 11) is 1.45. The van der Waals surface area contributed by atoms with Gasteiger partial charge in [0.05, 0.1) is 24.5 Å². The van der Waals surface area contributed by atoms with Crippen molar-refractivity contribution in [1.82, 2.24) is 0 Å². The van der Waals surface area contributed by atoms with Crippen LogP contribution in [0.4, 0.5) is 5.69 Å². The first-order chi connectivity index (χ1) is 13.1. The van der Waals surface area contributed by atoms with Gasteiger partial charge in [0.25, 0.3) is 5.91 Å². The number of hydrogen-bond acceptors (Lipinski definition) is 5. The predicted octanol–water partition coefficient (Wildman–Crippen LogP) is 3.20. The van der Waals surface area contributed by atoms with E-state index in [4.69, 9.17) is 14.2 Å². The van der Waals surface area contributed by atoms with Gasteiger partial charge in [-0.25, -0.2) is 4.79 Å². The SMILES string of the molecule is COc1ccc(NC(=O)c2cccc(OCC3CCCO3)c2)c(C(=O)O)c1. The van der Waals surface area contributed by atoms with Crippen molar-refractivity contribution in [3.8, 4) is 11.5 Å². The maximum atomic E-state index is 12.5. The minimum absolute atomic E-state index is 0.0477. The number of carbonyl (C=O) groups excluding carboxylic acids is 1. The quantitative estimate of drug-likeness (QED) is 0.776. The number of aromatic carboxylic acids is 1. The molecule has 7 nitrogen and oxygen atoms in total. The van der Waals surface area contributed by atoms with Gasteiger partial charge in [-0.15, -0.1) is 0 Å². The van der Waals surface area contributed by atoms with Crippen LogP contribution in [0.5, 0.6) is 11.5 Å². The van der Waals surface area contributed by atoms with Gasteiger partial charge in [0, 0.05) is 12.2 Å². The number of carbonyl (C=O) groups is 2. The van der Waals surface area contributed by atoms with Crippen molar-refractivity contribution in [2.24, 2.45) is 0 Å². The van der Waals surface area contributed by atoms with Gasteiger partial charge in [-0.2, -0.15) is 0 Å². The zero-order valence-corrected chi connectivity index (χ0v) is 14.9. The molecule has 0 saturated carbocycles. The number of carboxylic acid groups (broad SMARTS) is 1. The third-order valence-electron chi connectivity index (χ3n) is 4.26. The molecule has 3 rings (SSSR count). The van der Waals surface area contributed by atoms with E-state index in [-0.39, 0.29) is 17.4 Å². The fourth-order valence-corrected chi connectivity index (χ4v) is 2.82. The Balaban J connectivity index is 1.70. The highest BCUT2D eigenvalue weighted by molar-refractivity contribution is 6.08. The van der Waals surface area contributed by atoms with Gasteiger partial charge in [-0.3, -0.25) is 4.79 Å². The lowest BCUT2D eigenvalue weighted by Crippen LogP contribution is -2.17. The van der Waals surface area contributed by atoms with Gasteiger partial charge in [0.1, 0.15) is 18.1 Å². The van der Waals surface area contributed by atoms with Crippen LogP contribution in [0.1, 0.15) is 33.6 Å². The molecule has 142 valence electrons. The van der Waals surface area contributed by atoms with Crippen molar-refractivity contribution < 1.29 is 28.9 Å². The van der Waals surface area contributed by atoms with E-state index in [0.29, 0.717) is 23.7 Å². The third-order valence-corrected chi connectivity index (χ3v) is 4.26. The van der Waals surface area contributed by atoms with Crippen LogP contribution < -0.4 is 14.8 Å². The van der Waals surface area contributed by atoms with E-state index < -0.39 is 11.9 Å². The number of nitrogens with one attached hydrogen (secondary N) is 1. The van der Waals surface area contributed by atoms with E-state index in [0.717, 1.165) is 19.4 Å². The molecule has 0 bridgehead atoms. The Hall–Kier alpha value is -3.06. The van der Waals surface area contributed by atoms with E-state index >= 15 is 0 Å². The maximum absolute atomic E-state index is 12.5. The molecule has 27 heavy (non-hydrogen) atoms. The van der Waals surface area contributed by atoms with E-state index in [1.165, 1.54) is 19.2 Å². The molecule has 7 heteroatoms. The molecule has 1 unspecified atom stereocenters. The standard InChI is InChI=1S/C20H21NO6/c1-25-14-7-8-18(17(11-14)20(23)24)21-19(22)13-4-2-5-15(10-13)27-12-16-6-3-9-26-16/h2,4-5,7-8,10-11,16H,3,6,9,12H2,1H3,(H,21,22)(H,23,24). The van der Waals surface area contributed by atoms with Crippen molar-refractivity contribution in [3.05, 3.63) is 53.6 Å². The van der Waals surface area contributed by atoms with Crippen molar-refractivity contribution in [2.45, 2.75) is 18.9 Å². The zero-order chi connectivity index (χ0) is 19.2. The Kier molecular flexibility index (Phi) is 5.93. The number of rotatable bonds is 7. The summed E-state index contributed by atoms with van der Waals surface area (Å²) >= 11 is 0. The van der Waals surface area contributed by atoms with E-state index in [2.05, 4.69) is 5.32 Å². The summed E-state index contributed by atoms with van der Waals surface area (Å²) in [5.41, 5.74) is 0.513. The Labute approximate surface area is 156 Å². The fourth-order valence-electron chi connectivity index (χ4n) is 2.82. The van der Waals surface area contributed by atoms with Gasteiger partial charge < -0.3 is 24.6 Å². The number of benzene rings is 2. The molecule has 0 aromatic heterocycles. The molecule has 1 saturated heterocycles. The van der Waals surface area contributed by atoms with Crippen LogP contribution >= 0.6 is 0 Å². The van der Waals surface area contributed by atoms with Gasteiger partial charge in [0.2, 0.25) is 0 Å². The van der Waals surface area contributed by atoms with Crippen molar-refractivity contribution >= 4 is 17.6 Å². The summed E-state index contributed by atoms with van der Waals surface area (Å²) in [6.07, 6.45) is 2.08. The predicted molar refractivity (Wildman–Crippen MR) is 98.8 cm³/mol. The van der Waals surface area contributed by atoms with E-state index in [1.807, 2.05) is 0 Å². The summed E-state index contributed by atoms with van der Waals surface area (Å²) < 4.78 is 16.3. The van der Waals surface area contributed by atoms with Gasteiger partial charge in [0.15, 0.2) is 0 Å². The van der Waals surface area contributed by atoms with Gasteiger partial charge >= 0.3 is 5.97 Å². The molecule has 2 aromatic rings. The van der Waals surface area contributed by atoms with Gasteiger partial charge in [-0.05, 0) is 49.2 Å². The Morgan fingerprint density at radius 1 is 1.22 bits per heavy atom. The van der Waals surface area contributed by atoms with Crippen molar-refractivity contribution in [3.63, 3.8) is 0 Å². The summed E-state index contributed by atoms with van der Waals surface area (Å²) in [4.78, 5) is 24.0. The van der Waals surface area contributed by atoms with Crippen LogP contribution in [-0.2, 0) is 4.74 Å². The van der Waals surface area contributed by atoms with Crippen LogP contribution in [0.3, 0.4) is 0 Å². The average molecular weight is 371 g/mol. The molecule has 0 spiro atoms. The Morgan fingerprint density at radius 3 is 2.78 bits per heavy atom. The highest BCUT2D eigenvalue weighted by atomic mass is 16.5. The highest BCUT2D eigenvalue weighted by Gasteiger charge is 2.17. The number of ether oxygens (including phenoxy) is 3. The van der Waals surface area contributed by atoms with Crippen LogP contribution in [0.2, 0.25) is 0 Å². The monoisotopic (exact) mass is 371 g/mol. The molecule has 1 fully saturated rings. The normalized spacial score (nSPS) is 16.0. The molecule has 1 aliphatic rings. The lowest BCUT2D eigenvalue weighted by molar-refractivity contribution is 0.0679. The molecule has 0 radical (unpaired) electrons. The lowest BCUT2D eigenvalue weighted by atomic mass is 10.1. The average Bonchev–Trinajstić information content (AvgIpc) is 3.20. The van der Waals surface area contributed by atoms with E-state index in [9.17, 15) is 14.7 Å². The summed E-state index contributed by atoms with van der Waals surface area (Å²) in [5, 5.41) is 12.0. The molecule has 2 N–H and O–H groups in total. The minimum atomic E-state index is -1.15. The lowest BCUT2D eigenvalue weighted by Gasteiger charge is -2.13. The molecule has 0 aliphatic carbocycles. The number of carboxylic acids is 1. The van der Waals surface area contributed by atoms with Crippen LogP contribution in [0.25, 0.3) is 0 Å². The minimum Gasteiger partial charge on any atom is -0.497 e. The van der Waals surface area contributed by atoms with Crippen LogP contribution in [0, 0.1) is 0 Å². The summed E-state index contributed by atoms with van der Waals surface area (Å²) in [5.74, 6) is -0.621.